The van der Waals surface area contributed by atoms with Crippen LogP contribution in [-0.4, -0.2) is 11.1 Å². The van der Waals surface area contributed by atoms with Gasteiger partial charge in [-0.15, -0.1) is 0 Å². The highest BCUT2D eigenvalue weighted by molar-refractivity contribution is 5.66. The van der Waals surface area contributed by atoms with Gasteiger partial charge in [0.1, 0.15) is 0 Å². The number of hydrogen-bond acceptors (Lipinski definition) is 1. The predicted molar refractivity (Wildman–Crippen MR) is 60.8 cm³/mol. The molecular formula is C13H18O2. The van der Waals surface area contributed by atoms with Crippen LogP contribution in [0.2, 0.25) is 0 Å². The van der Waals surface area contributed by atoms with Crippen LogP contribution in [0.4, 0.5) is 0 Å². The maximum atomic E-state index is 10.3. The van der Waals surface area contributed by atoms with Crippen LogP contribution >= 0.6 is 0 Å². The molecule has 0 unspecified atom stereocenters. The Morgan fingerprint density at radius 3 is 2.60 bits per heavy atom. The number of carboxylic acids is 1. The highest BCUT2D eigenvalue weighted by atomic mass is 16.4. The molecule has 0 amide bonds. The molecule has 1 rings (SSSR count). The van der Waals surface area contributed by atoms with Crippen molar-refractivity contribution >= 4 is 5.97 Å². The predicted octanol–water partition coefficient (Wildman–Crippen LogP) is 3.12. The normalized spacial score (nSPS) is 12.3. The first-order valence-corrected chi connectivity index (χ1v) is 5.44. The molecule has 0 aromatic heterocycles. The van der Waals surface area contributed by atoms with E-state index in [0.29, 0.717) is 12.3 Å². The van der Waals surface area contributed by atoms with Crippen molar-refractivity contribution in [1.82, 2.24) is 0 Å². The van der Waals surface area contributed by atoms with Crippen LogP contribution < -0.4 is 0 Å². The van der Waals surface area contributed by atoms with Crippen LogP contribution in [0.1, 0.15) is 31.7 Å². The van der Waals surface area contributed by atoms with Crippen LogP contribution in [0.5, 0.6) is 0 Å². The van der Waals surface area contributed by atoms with Crippen molar-refractivity contribution in [2.24, 2.45) is 5.92 Å². The minimum Gasteiger partial charge on any atom is -0.481 e. The first-order chi connectivity index (χ1) is 7.18. The lowest BCUT2D eigenvalue weighted by atomic mass is 9.96. The first-order valence-electron chi connectivity index (χ1n) is 5.44. The van der Waals surface area contributed by atoms with E-state index in [1.54, 1.807) is 0 Å². The molecule has 0 aliphatic rings. The van der Waals surface area contributed by atoms with E-state index in [4.69, 9.17) is 5.11 Å². The van der Waals surface area contributed by atoms with Gasteiger partial charge in [-0.3, -0.25) is 4.79 Å². The van der Waals surface area contributed by atoms with Crippen molar-refractivity contribution in [1.29, 1.82) is 0 Å². The summed E-state index contributed by atoms with van der Waals surface area (Å²) in [4.78, 5) is 10.3. The molecular weight excluding hydrogens is 188 g/mol. The molecule has 2 heteroatoms. The molecule has 82 valence electrons. The van der Waals surface area contributed by atoms with Gasteiger partial charge < -0.3 is 5.11 Å². The summed E-state index contributed by atoms with van der Waals surface area (Å²) in [6.07, 6.45) is 3.10. The van der Waals surface area contributed by atoms with Gasteiger partial charge in [0, 0.05) is 6.42 Å². The van der Waals surface area contributed by atoms with Crippen molar-refractivity contribution in [3.8, 4) is 0 Å². The quantitative estimate of drug-likeness (QED) is 0.776. The van der Waals surface area contributed by atoms with Gasteiger partial charge in [-0.25, -0.2) is 0 Å². The molecule has 2 nitrogen and oxygen atoms in total. The second-order valence-electron chi connectivity index (χ2n) is 4.08. The third-order valence-corrected chi connectivity index (χ3v) is 2.51. The number of rotatable bonds is 6. The van der Waals surface area contributed by atoms with Crippen LogP contribution in [0.25, 0.3) is 0 Å². The van der Waals surface area contributed by atoms with Crippen molar-refractivity contribution in [3.63, 3.8) is 0 Å². The smallest absolute Gasteiger partial charge is 0.303 e. The molecule has 0 fully saturated rings. The van der Waals surface area contributed by atoms with Gasteiger partial charge >= 0.3 is 5.97 Å². The van der Waals surface area contributed by atoms with Crippen molar-refractivity contribution < 1.29 is 9.90 Å². The van der Waals surface area contributed by atoms with E-state index in [2.05, 4.69) is 19.1 Å². The largest absolute Gasteiger partial charge is 0.481 e. The van der Waals surface area contributed by atoms with Crippen molar-refractivity contribution in [3.05, 3.63) is 35.9 Å². The number of aliphatic carboxylic acids is 1. The summed E-state index contributed by atoms with van der Waals surface area (Å²) in [5.41, 5.74) is 1.33. The molecule has 1 N–H and O–H groups in total. The Balaban J connectivity index is 2.24. The number of hydrogen-bond donors (Lipinski definition) is 1. The van der Waals surface area contributed by atoms with Crippen molar-refractivity contribution in [2.45, 2.75) is 32.6 Å². The molecule has 0 aliphatic heterocycles. The Labute approximate surface area is 90.9 Å². The molecule has 0 heterocycles. The lowest BCUT2D eigenvalue weighted by Gasteiger charge is -2.10. The van der Waals surface area contributed by atoms with Gasteiger partial charge in [0.2, 0.25) is 0 Å². The monoisotopic (exact) mass is 206 g/mol. The average Bonchev–Trinajstić information content (AvgIpc) is 2.18. The second kappa shape index (κ2) is 6.23. The van der Waals surface area contributed by atoms with Gasteiger partial charge in [0.25, 0.3) is 0 Å². The average molecular weight is 206 g/mol. The Kier molecular flexibility index (Phi) is 4.88. The molecule has 0 aliphatic carbocycles. The van der Waals surface area contributed by atoms with E-state index in [1.165, 1.54) is 5.56 Å². The van der Waals surface area contributed by atoms with E-state index in [-0.39, 0.29) is 0 Å². The SMILES string of the molecule is C[C@H](CCCC(=O)O)Cc1ccccc1. The Morgan fingerprint density at radius 1 is 1.33 bits per heavy atom. The lowest BCUT2D eigenvalue weighted by molar-refractivity contribution is -0.137. The fourth-order valence-corrected chi connectivity index (χ4v) is 1.72. The summed E-state index contributed by atoms with van der Waals surface area (Å²) >= 11 is 0. The summed E-state index contributed by atoms with van der Waals surface area (Å²) in [7, 11) is 0. The van der Waals surface area contributed by atoms with Crippen LogP contribution in [0.3, 0.4) is 0 Å². The maximum absolute atomic E-state index is 10.3. The zero-order valence-corrected chi connectivity index (χ0v) is 9.15. The van der Waals surface area contributed by atoms with Crippen LogP contribution in [0, 0.1) is 5.92 Å². The highest BCUT2D eigenvalue weighted by Gasteiger charge is 2.04. The lowest BCUT2D eigenvalue weighted by Crippen LogP contribution is -2.02. The molecule has 1 aromatic rings. The molecule has 0 saturated heterocycles. The third kappa shape index (κ3) is 5.21. The molecule has 1 atom stereocenters. The Hall–Kier alpha value is -1.31. The summed E-state index contributed by atoms with van der Waals surface area (Å²) in [6.45, 7) is 2.18. The number of carbonyl (C=O) groups is 1. The van der Waals surface area contributed by atoms with Gasteiger partial charge in [-0.1, -0.05) is 37.3 Å². The van der Waals surface area contributed by atoms with E-state index < -0.39 is 5.97 Å². The molecule has 0 saturated carbocycles. The maximum Gasteiger partial charge on any atom is 0.303 e. The molecule has 0 radical (unpaired) electrons. The van der Waals surface area contributed by atoms with Crippen molar-refractivity contribution in [2.75, 3.05) is 0 Å². The van der Waals surface area contributed by atoms with Crippen LogP contribution in [-0.2, 0) is 11.2 Å². The van der Waals surface area contributed by atoms with E-state index in [0.717, 1.165) is 19.3 Å². The van der Waals surface area contributed by atoms with E-state index >= 15 is 0 Å². The minimum atomic E-state index is -0.693. The first kappa shape index (κ1) is 11.8. The molecule has 0 bridgehead atoms. The molecule has 15 heavy (non-hydrogen) atoms. The second-order valence-corrected chi connectivity index (χ2v) is 4.08. The molecule has 0 spiro atoms. The fourth-order valence-electron chi connectivity index (χ4n) is 1.72. The fraction of sp³-hybridized carbons (Fsp3) is 0.462. The van der Waals surface area contributed by atoms with Gasteiger partial charge in [0.15, 0.2) is 0 Å². The standard InChI is InChI=1S/C13H18O2/c1-11(6-5-9-13(14)15)10-12-7-3-2-4-8-12/h2-4,7-8,11H,5-6,9-10H2,1H3,(H,14,15)/t11-/m1/s1. The summed E-state index contributed by atoms with van der Waals surface area (Å²) < 4.78 is 0. The third-order valence-electron chi connectivity index (χ3n) is 2.51. The Morgan fingerprint density at radius 2 is 2.00 bits per heavy atom. The number of carboxylic acid groups (broad SMARTS) is 1. The van der Waals surface area contributed by atoms with Gasteiger partial charge in [-0.05, 0) is 30.7 Å². The Bertz CT molecular complexity index is 293. The zero-order valence-electron chi connectivity index (χ0n) is 9.15. The zero-order chi connectivity index (χ0) is 11.1. The number of benzene rings is 1. The van der Waals surface area contributed by atoms with E-state index in [9.17, 15) is 4.79 Å². The van der Waals surface area contributed by atoms with Gasteiger partial charge in [-0.2, -0.15) is 0 Å². The topological polar surface area (TPSA) is 37.3 Å². The summed E-state index contributed by atoms with van der Waals surface area (Å²) in [5.74, 6) is -0.131. The summed E-state index contributed by atoms with van der Waals surface area (Å²) in [5, 5.41) is 8.52. The minimum absolute atomic E-state index is 0.291. The highest BCUT2D eigenvalue weighted by Crippen LogP contribution is 2.14. The molecule has 1 aromatic carbocycles. The van der Waals surface area contributed by atoms with Crippen LogP contribution in [0.15, 0.2) is 30.3 Å². The summed E-state index contributed by atoms with van der Waals surface area (Å²) in [6, 6.07) is 10.3. The van der Waals surface area contributed by atoms with Gasteiger partial charge in [0.05, 0.1) is 0 Å². The van der Waals surface area contributed by atoms with E-state index in [1.807, 2.05) is 18.2 Å².